The Morgan fingerprint density at radius 3 is 2.67 bits per heavy atom. The highest BCUT2D eigenvalue weighted by molar-refractivity contribution is 6.34. The summed E-state index contributed by atoms with van der Waals surface area (Å²) in [6.07, 6.45) is 0. The Bertz CT molecular complexity index is 379. The van der Waals surface area contributed by atoms with Crippen molar-refractivity contribution in [3.63, 3.8) is 0 Å². The van der Waals surface area contributed by atoms with E-state index in [0.29, 0.717) is 0 Å². The van der Waals surface area contributed by atoms with Crippen LogP contribution in [0.5, 0.6) is 0 Å². The van der Waals surface area contributed by atoms with E-state index in [1.54, 1.807) is 0 Å². The largest absolute Gasteiger partial charge is 0.465 e. The lowest BCUT2D eigenvalue weighted by molar-refractivity contribution is 0.0600. The second-order valence-corrected chi connectivity index (χ2v) is 3.19. The SMILES string of the molecule is COCc1c(F)ccc(C(=O)OC)c1Cl. The first-order valence-electron chi connectivity index (χ1n) is 4.16. The Labute approximate surface area is 91.7 Å². The molecule has 1 aromatic rings. The van der Waals surface area contributed by atoms with Gasteiger partial charge in [-0.1, -0.05) is 11.6 Å². The van der Waals surface area contributed by atoms with Gasteiger partial charge in [-0.2, -0.15) is 0 Å². The molecule has 0 aliphatic rings. The van der Waals surface area contributed by atoms with Crippen molar-refractivity contribution in [3.8, 4) is 0 Å². The van der Waals surface area contributed by atoms with E-state index in [-0.39, 0.29) is 22.8 Å². The molecule has 0 fully saturated rings. The van der Waals surface area contributed by atoms with Crippen molar-refractivity contribution in [1.29, 1.82) is 0 Å². The molecule has 0 unspecified atom stereocenters. The van der Waals surface area contributed by atoms with Crippen LogP contribution >= 0.6 is 11.6 Å². The van der Waals surface area contributed by atoms with Crippen LogP contribution in [0.2, 0.25) is 5.02 Å². The molecule has 3 nitrogen and oxygen atoms in total. The zero-order chi connectivity index (χ0) is 11.4. The average Bonchev–Trinajstić information content (AvgIpc) is 2.23. The predicted octanol–water partition coefficient (Wildman–Crippen LogP) is 2.41. The number of carbonyl (C=O) groups excluding carboxylic acids is 1. The van der Waals surface area contributed by atoms with Gasteiger partial charge in [0.15, 0.2) is 0 Å². The molecular weight excluding hydrogens is 223 g/mol. The summed E-state index contributed by atoms with van der Waals surface area (Å²) in [5.41, 5.74) is 0.287. The van der Waals surface area contributed by atoms with E-state index in [1.807, 2.05) is 0 Å². The average molecular weight is 233 g/mol. The van der Waals surface area contributed by atoms with E-state index in [2.05, 4.69) is 4.74 Å². The van der Waals surface area contributed by atoms with E-state index in [0.717, 1.165) is 6.07 Å². The van der Waals surface area contributed by atoms with Gasteiger partial charge >= 0.3 is 5.97 Å². The summed E-state index contributed by atoms with van der Waals surface area (Å²) in [6.45, 7) is 0.00943. The summed E-state index contributed by atoms with van der Waals surface area (Å²) < 4.78 is 22.6. The van der Waals surface area contributed by atoms with Crippen molar-refractivity contribution in [1.82, 2.24) is 0 Å². The van der Waals surface area contributed by atoms with E-state index in [9.17, 15) is 9.18 Å². The lowest BCUT2D eigenvalue weighted by Gasteiger charge is -2.08. The molecule has 0 aliphatic heterocycles. The van der Waals surface area contributed by atoms with Gasteiger partial charge in [0, 0.05) is 12.7 Å². The Kier molecular flexibility index (Phi) is 4.05. The highest BCUT2D eigenvalue weighted by atomic mass is 35.5. The number of halogens is 2. The standard InChI is InChI=1S/C10H10ClFO3/c1-14-5-7-8(12)4-3-6(9(7)11)10(13)15-2/h3-4H,5H2,1-2H3. The fraction of sp³-hybridized carbons (Fsp3) is 0.300. The van der Waals surface area contributed by atoms with Crippen LogP contribution in [0, 0.1) is 5.82 Å². The van der Waals surface area contributed by atoms with E-state index in [1.165, 1.54) is 20.3 Å². The van der Waals surface area contributed by atoms with Crippen molar-refractivity contribution >= 4 is 17.6 Å². The number of methoxy groups -OCH3 is 2. The monoisotopic (exact) mass is 232 g/mol. The zero-order valence-electron chi connectivity index (χ0n) is 8.34. The van der Waals surface area contributed by atoms with Gasteiger partial charge in [-0.25, -0.2) is 9.18 Å². The maximum absolute atomic E-state index is 13.3. The normalized spacial score (nSPS) is 10.1. The Hall–Kier alpha value is -1.13. The quantitative estimate of drug-likeness (QED) is 0.751. The number of benzene rings is 1. The van der Waals surface area contributed by atoms with Crippen molar-refractivity contribution in [2.75, 3.05) is 14.2 Å². The van der Waals surface area contributed by atoms with Gasteiger partial charge in [0.05, 0.1) is 24.3 Å². The third-order valence-corrected chi connectivity index (χ3v) is 2.31. The molecule has 0 amide bonds. The number of hydrogen-bond acceptors (Lipinski definition) is 3. The lowest BCUT2D eigenvalue weighted by atomic mass is 10.1. The predicted molar refractivity (Wildman–Crippen MR) is 53.5 cm³/mol. The number of esters is 1. The highest BCUT2D eigenvalue weighted by Crippen LogP contribution is 2.25. The van der Waals surface area contributed by atoms with Gasteiger partial charge in [0.1, 0.15) is 5.82 Å². The van der Waals surface area contributed by atoms with Crippen molar-refractivity contribution in [2.45, 2.75) is 6.61 Å². The van der Waals surface area contributed by atoms with Gasteiger partial charge in [-0.15, -0.1) is 0 Å². The molecule has 0 saturated carbocycles. The summed E-state index contributed by atoms with van der Waals surface area (Å²) in [6, 6.07) is 2.44. The first-order valence-corrected chi connectivity index (χ1v) is 4.53. The number of rotatable bonds is 3. The molecule has 0 atom stereocenters. The van der Waals surface area contributed by atoms with Gasteiger partial charge in [0.25, 0.3) is 0 Å². The van der Waals surface area contributed by atoms with Gasteiger partial charge < -0.3 is 9.47 Å². The third-order valence-electron chi connectivity index (χ3n) is 1.88. The summed E-state index contributed by atoms with van der Waals surface area (Å²) in [5, 5.41) is 0.0312. The molecule has 5 heteroatoms. The smallest absolute Gasteiger partial charge is 0.339 e. The number of ether oxygens (including phenoxy) is 2. The molecular formula is C10H10ClFO3. The van der Waals surface area contributed by atoms with E-state index >= 15 is 0 Å². The second-order valence-electron chi connectivity index (χ2n) is 2.81. The van der Waals surface area contributed by atoms with Crippen molar-refractivity contribution < 1.29 is 18.7 Å². The van der Waals surface area contributed by atoms with Crippen LogP contribution in [0.4, 0.5) is 4.39 Å². The summed E-state index contributed by atoms with van der Waals surface area (Å²) in [4.78, 5) is 11.2. The second kappa shape index (κ2) is 5.09. The van der Waals surface area contributed by atoms with E-state index in [4.69, 9.17) is 16.3 Å². The molecule has 0 saturated heterocycles. The maximum atomic E-state index is 13.3. The molecule has 0 bridgehead atoms. The minimum atomic E-state index is -0.600. The summed E-state index contributed by atoms with van der Waals surface area (Å²) >= 11 is 5.85. The molecule has 0 aliphatic carbocycles. The summed E-state index contributed by atoms with van der Waals surface area (Å²) in [5.74, 6) is -1.10. The summed E-state index contributed by atoms with van der Waals surface area (Å²) in [7, 11) is 2.65. The first kappa shape index (κ1) is 11.9. The van der Waals surface area contributed by atoms with Crippen molar-refractivity contribution in [3.05, 3.63) is 34.1 Å². The number of carbonyl (C=O) groups is 1. The topological polar surface area (TPSA) is 35.5 Å². The maximum Gasteiger partial charge on any atom is 0.339 e. The molecule has 0 N–H and O–H groups in total. The lowest BCUT2D eigenvalue weighted by Crippen LogP contribution is -2.05. The first-order chi connectivity index (χ1) is 7.11. The molecule has 0 heterocycles. The third kappa shape index (κ3) is 2.46. The van der Waals surface area contributed by atoms with Crippen LogP contribution in [0.15, 0.2) is 12.1 Å². The minimum Gasteiger partial charge on any atom is -0.465 e. The Morgan fingerprint density at radius 2 is 2.13 bits per heavy atom. The minimum absolute atomic E-state index is 0.00943. The van der Waals surface area contributed by atoms with Gasteiger partial charge in [0.2, 0.25) is 0 Å². The molecule has 0 spiro atoms. The van der Waals surface area contributed by atoms with Crippen molar-refractivity contribution in [2.24, 2.45) is 0 Å². The molecule has 0 radical (unpaired) electrons. The van der Waals surface area contributed by atoms with Crippen LogP contribution in [0.3, 0.4) is 0 Å². The molecule has 1 rings (SSSR count). The van der Waals surface area contributed by atoms with Crippen LogP contribution in [0.1, 0.15) is 15.9 Å². The highest BCUT2D eigenvalue weighted by Gasteiger charge is 2.16. The zero-order valence-corrected chi connectivity index (χ0v) is 9.10. The Morgan fingerprint density at radius 1 is 1.47 bits per heavy atom. The molecule has 15 heavy (non-hydrogen) atoms. The van der Waals surface area contributed by atoms with Crippen LogP contribution < -0.4 is 0 Å². The number of hydrogen-bond donors (Lipinski definition) is 0. The fourth-order valence-electron chi connectivity index (χ4n) is 1.14. The Balaban J connectivity index is 3.21. The van der Waals surface area contributed by atoms with Crippen LogP contribution in [0.25, 0.3) is 0 Å². The van der Waals surface area contributed by atoms with Gasteiger partial charge in [-0.05, 0) is 12.1 Å². The van der Waals surface area contributed by atoms with Crippen LogP contribution in [-0.4, -0.2) is 20.2 Å². The fourth-order valence-corrected chi connectivity index (χ4v) is 1.43. The van der Waals surface area contributed by atoms with Crippen LogP contribution in [-0.2, 0) is 16.1 Å². The van der Waals surface area contributed by atoms with Gasteiger partial charge in [-0.3, -0.25) is 0 Å². The molecule has 1 aromatic carbocycles. The molecule has 0 aromatic heterocycles. The molecule has 82 valence electrons. The van der Waals surface area contributed by atoms with E-state index < -0.39 is 11.8 Å².